The summed E-state index contributed by atoms with van der Waals surface area (Å²) in [6.07, 6.45) is 2.61. The summed E-state index contributed by atoms with van der Waals surface area (Å²) < 4.78 is 0. The van der Waals surface area contributed by atoms with Crippen LogP contribution >= 0.6 is 0 Å². The monoisotopic (exact) mass is 139 g/mol. The van der Waals surface area contributed by atoms with Crippen molar-refractivity contribution in [2.24, 2.45) is 0 Å². The Morgan fingerprint density at radius 2 is 2.60 bits per heavy atom. The van der Waals surface area contributed by atoms with Crippen LogP contribution in [-0.2, 0) is 4.79 Å². The molecule has 56 valence electrons. The van der Waals surface area contributed by atoms with Gasteiger partial charge in [0.05, 0.1) is 0 Å². The molecule has 0 bridgehead atoms. The van der Waals surface area contributed by atoms with Crippen LogP contribution in [0.4, 0.5) is 0 Å². The van der Waals surface area contributed by atoms with Gasteiger partial charge in [0.25, 0.3) is 0 Å². The summed E-state index contributed by atoms with van der Waals surface area (Å²) >= 11 is 0. The number of rotatable bonds is 2. The molecule has 1 amide bonds. The third kappa shape index (κ3) is 1.87. The highest BCUT2D eigenvalue weighted by atomic mass is 16.1. The summed E-state index contributed by atoms with van der Waals surface area (Å²) in [6, 6.07) is 0.366. The van der Waals surface area contributed by atoms with E-state index >= 15 is 0 Å². The number of nitrogens with one attached hydrogen (secondary N) is 1. The molecule has 1 rings (SSSR count). The van der Waals surface area contributed by atoms with Gasteiger partial charge in [-0.15, -0.1) is 6.58 Å². The molecule has 0 radical (unpaired) electrons. The van der Waals surface area contributed by atoms with Crippen molar-refractivity contribution in [3.05, 3.63) is 12.2 Å². The molecule has 1 heterocycles. The largest absolute Gasteiger partial charge is 0.353 e. The van der Waals surface area contributed by atoms with Gasteiger partial charge < -0.3 is 5.32 Å². The summed E-state index contributed by atoms with van der Waals surface area (Å²) in [5, 5.41) is 2.89. The number of amides is 1. The van der Waals surface area contributed by atoms with Gasteiger partial charge in [-0.05, 0) is 19.8 Å². The van der Waals surface area contributed by atoms with Gasteiger partial charge in [-0.3, -0.25) is 4.79 Å². The zero-order valence-electron chi connectivity index (χ0n) is 6.31. The van der Waals surface area contributed by atoms with E-state index in [0.717, 1.165) is 18.4 Å². The van der Waals surface area contributed by atoms with Gasteiger partial charge in [0.2, 0.25) is 5.91 Å². The van der Waals surface area contributed by atoms with E-state index in [0.29, 0.717) is 12.5 Å². The Hall–Kier alpha value is -0.790. The summed E-state index contributed by atoms with van der Waals surface area (Å²) in [7, 11) is 0. The zero-order chi connectivity index (χ0) is 7.56. The average molecular weight is 139 g/mol. The average Bonchev–Trinajstić information content (AvgIpc) is 2.13. The Balaban J connectivity index is 2.31. The molecule has 1 aliphatic rings. The van der Waals surface area contributed by atoms with Crippen molar-refractivity contribution < 1.29 is 4.79 Å². The second-order valence-electron chi connectivity index (χ2n) is 2.96. The molecular weight excluding hydrogens is 126 g/mol. The third-order valence-corrected chi connectivity index (χ3v) is 1.68. The van der Waals surface area contributed by atoms with E-state index in [9.17, 15) is 4.79 Å². The smallest absolute Gasteiger partial charge is 0.220 e. The molecule has 1 fully saturated rings. The standard InChI is InChI=1S/C8H13NO/c1-6(2)5-7-3-4-8(10)9-7/h7H,1,3-5H2,2H3,(H,9,10). The molecule has 1 N–H and O–H groups in total. The maximum Gasteiger partial charge on any atom is 0.220 e. The minimum absolute atomic E-state index is 0.186. The van der Waals surface area contributed by atoms with Crippen LogP contribution < -0.4 is 5.32 Å². The van der Waals surface area contributed by atoms with Gasteiger partial charge in [-0.25, -0.2) is 0 Å². The van der Waals surface area contributed by atoms with Crippen LogP contribution in [0.5, 0.6) is 0 Å². The molecule has 1 atom stereocenters. The van der Waals surface area contributed by atoms with Crippen LogP contribution in [0.3, 0.4) is 0 Å². The van der Waals surface area contributed by atoms with Crippen molar-refractivity contribution in [1.29, 1.82) is 0 Å². The maximum atomic E-state index is 10.7. The Labute approximate surface area is 61.3 Å². The van der Waals surface area contributed by atoms with Crippen LogP contribution in [0.25, 0.3) is 0 Å². The molecule has 0 aliphatic carbocycles. The molecule has 0 aromatic carbocycles. The Morgan fingerprint density at radius 3 is 3.00 bits per heavy atom. The van der Waals surface area contributed by atoms with Gasteiger partial charge in [-0.1, -0.05) is 5.57 Å². The van der Waals surface area contributed by atoms with Gasteiger partial charge >= 0.3 is 0 Å². The van der Waals surface area contributed by atoms with E-state index in [1.54, 1.807) is 0 Å². The highest BCUT2D eigenvalue weighted by Crippen LogP contribution is 2.13. The fraction of sp³-hybridized carbons (Fsp3) is 0.625. The van der Waals surface area contributed by atoms with E-state index in [2.05, 4.69) is 11.9 Å². The molecule has 1 saturated heterocycles. The second-order valence-corrected chi connectivity index (χ2v) is 2.96. The normalized spacial score (nSPS) is 24.5. The van der Waals surface area contributed by atoms with Crippen LogP contribution in [0.15, 0.2) is 12.2 Å². The van der Waals surface area contributed by atoms with Crippen molar-refractivity contribution >= 4 is 5.91 Å². The van der Waals surface area contributed by atoms with E-state index in [4.69, 9.17) is 0 Å². The van der Waals surface area contributed by atoms with Crippen LogP contribution in [0.2, 0.25) is 0 Å². The van der Waals surface area contributed by atoms with Crippen molar-refractivity contribution in [1.82, 2.24) is 5.32 Å². The summed E-state index contributed by atoms with van der Waals surface area (Å²) in [4.78, 5) is 10.7. The summed E-state index contributed by atoms with van der Waals surface area (Å²) in [6.45, 7) is 5.78. The number of carbonyl (C=O) groups is 1. The van der Waals surface area contributed by atoms with E-state index < -0.39 is 0 Å². The molecular formula is C8H13NO. The first-order chi connectivity index (χ1) is 4.68. The van der Waals surface area contributed by atoms with Gasteiger partial charge in [0, 0.05) is 12.5 Å². The lowest BCUT2D eigenvalue weighted by molar-refractivity contribution is -0.119. The first-order valence-corrected chi connectivity index (χ1v) is 3.62. The van der Waals surface area contributed by atoms with E-state index in [1.807, 2.05) is 6.92 Å². The quantitative estimate of drug-likeness (QED) is 0.573. The molecule has 0 spiro atoms. The lowest BCUT2D eigenvalue weighted by atomic mass is 10.1. The van der Waals surface area contributed by atoms with Gasteiger partial charge in [0.15, 0.2) is 0 Å². The van der Waals surface area contributed by atoms with E-state index in [1.165, 1.54) is 0 Å². The molecule has 1 aliphatic heterocycles. The fourth-order valence-electron chi connectivity index (χ4n) is 1.25. The van der Waals surface area contributed by atoms with Crippen LogP contribution in [0, 0.1) is 0 Å². The maximum absolute atomic E-state index is 10.7. The Kier molecular flexibility index (Phi) is 2.10. The predicted molar refractivity (Wildman–Crippen MR) is 40.6 cm³/mol. The first-order valence-electron chi connectivity index (χ1n) is 3.62. The summed E-state index contributed by atoms with van der Waals surface area (Å²) in [5.41, 5.74) is 1.15. The molecule has 2 nitrogen and oxygen atoms in total. The van der Waals surface area contributed by atoms with Gasteiger partial charge in [0.1, 0.15) is 0 Å². The van der Waals surface area contributed by atoms with Crippen LogP contribution in [-0.4, -0.2) is 11.9 Å². The van der Waals surface area contributed by atoms with Gasteiger partial charge in [-0.2, -0.15) is 0 Å². The second kappa shape index (κ2) is 2.86. The molecule has 2 heteroatoms. The molecule has 0 saturated carbocycles. The molecule has 10 heavy (non-hydrogen) atoms. The Morgan fingerprint density at radius 1 is 1.90 bits per heavy atom. The first kappa shape index (κ1) is 7.32. The molecule has 0 aromatic heterocycles. The highest BCUT2D eigenvalue weighted by Gasteiger charge is 2.19. The van der Waals surface area contributed by atoms with E-state index in [-0.39, 0.29) is 5.91 Å². The summed E-state index contributed by atoms with van der Waals surface area (Å²) in [5.74, 6) is 0.186. The lowest BCUT2D eigenvalue weighted by Crippen LogP contribution is -2.25. The van der Waals surface area contributed by atoms with Crippen molar-refractivity contribution in [2.45, 2.75) is 32.2 Å². The van der Waals surface area contributed by atoms with Crippen molar-refractivity contribution in [2.75, 3.05) is 0 Å². The topological polar surface area (TPSA) is 29.1 Å². The zero-order valence-corrected chi connectivity index (χ0v) is 6.31. The molecule has 0 aromatic rings. The van der Waals surface area contributed by atoms with Crippen LogP contribution in [0.1, 0.15) is 26.2 Å². The Bertz CT molecular complexity index is 163. The van der Waals surface area contributed by atoms with Crippen molar-refractivity contribution in [3.8, 4) is 0 Å². The lowest BCUT2D eigenvalue weighted by Gasteiger charge is -2.07. The minimum atomic E-state index is 0.186. The minimum Gasteiger partial charge on any atom is -0.353 e. The van der Waals surface area contributed by atoms with Crippen molar-refractivity contribution in [3.63, 3.8) is 0 Å². The fourth-order valence-corrected chi connectivity index (χ4v) is 1.25. The predicted octanol–water partition coefficient (Wildman–Crippen LogP) is 1.23. The number of hydrogen-bond acceptors (Lipinski definition) is 1. The molecule has 1 unspecified atom stereocenters. The SMILES string of the molecule is C=C(C)CC1CCC(=O)N1. The number of hydrogen-bond donors (Lipinski definition) is 1. The highest BCUT2D eigenvalue weighted by molar-refractivity contribution is 5.78. The number of carbonyl (C=O) groups excluding carboxylic acids is 1. The third-order valence-electron chi connectivity index (χ3n) is 1.68.